The summed E-state index contributed by atoms with van der Waals surface area (Å²) in [5, 5.41) is 16.8. The van der Waals surface area contributed by atoms with Gasteiger partial charge in [0.2, 0.25) is 5.69 Å². The SMILES string of the molecule is Cn1ccnc1-c1c(C(=O)O)nnn1Cc1ccoc1. The fourth-order valence-electron chi connectivity index (χ4n) is 1.94. The Morgan fingerprint density at radius 2 is 2.35 bits per heavy atom. The van der Waals surface area contributed by atoms with Crippen molar-refractivity contribution in [3.63, 3.8) is 0 Å². The van der Waals surface area contributed by atoms with Gasteiger partial charge in [-0.05, 0) is 6.07 Å². The lowest BCUT2D eigenvalue weighted by atomic mass is 10.2. The van der Waals surface area contributed by atoms with Gasteiger partial charge in [0, 0.05) is 25.0 Å². The number of hydrogen-bond donors (Lipinski definition) is 1. The van der Waals surface area contributed by atoms with Crippen LogP contribution < -0.4 is 0 Å². The van der Waals surface area contributed by atoms with Crippen LogP contribution in [0, 0.1) is 0 Å². The summed E-state index contributed by atoms with van der Waals surface area (Å²) in [6.07, 6.45) is 6.45. The van der Waals surface area contributed by atoms with Crippen molar-refractivity contribution < 1.29 is 14.3 Å². The van der Waals surface area contributed by atoms with E-state index in [1.807, 2.05) is 0 Å². The predicted octanol–water partition coefficient (Wildman–Crippen LogP) is 1.02. The Morgan fingerprint density at radius 1 is 1.50 bits per heavy atom. The summed E-state index contributed by atoms with van der Waals surface area (Å²) < 4.78 is 8.21. The topological polar surface area (TPSA) is 99.0 Å². The molecule has 0 aliphatic carbocycles. The van der Waals surface area contributed by atoms with Gasteiger partial charge in [0.15, 0.2) is 5.82 Å². The second kappa shape index (κ2) is 4.65. The molecule has 0 saturated carbocycles. The third-order valence-electron chi connectivity index (χ3n) is 2.88. The molecule has 20 heavy (non-hydrogen) atoms. The maximum absolute atomic E-state index is 11.3. The number of imidazole rings is 1. The van der Waals surface area contributed by atoms with E-state index in [-0.39, 0.29) is 5.69 Å². The van der Waals surface area contributed by atoms with Crippen molar-refractivity contribution in [1.29, 1.82) is 0 Å². The Balaban J connectivity index is 2.11. The fourth-order valence-corrected chi connectivity index (χ4v) is 1.94. The molecule has 3 rings (SSSR count). The van der Waals surface area contributed by atoms with Crippen LogP contribution in [0.1, 0.15) is 16.1 Å². The number of carbonyl (C=O) groups is 1. The molecule has 0 unspecified atom stereocenters. The molecule has 3 heterocycles. The first-order valence-corrected chi connectivity index (χ1v) is 5.82. The maximum atomic E-state index is 11.3. The summed E-state index contributed by atoms with van der Waals surface area (Å²) in [7, 11) is 1.78. The van der Waals surface area contributed by atoms with E-state index >= 15 is 0 Å². The van der Waals surface area contributed by atoms with Crippen molar-refractivity contribution in [2.24, 2.45) is 7.05 Å². The van der Waals surface area contributed by atoms with Gasteiger partial charge in [0.05, 0.1) is 19.1 Å². The van der Waals surface area contributed by atoms with Crippen LogP contribution in [-0.2, 0) is 13.6 Å². The van der Waals surface area contributed by atoms with Gasteiger partial charge in [-0.3, -0.25) is 0 Å². The Morgan fingerprint density at radius 3 is 2.95 bits per heavy atom. The lowest BCUT2D eigenvalue weighted by Crippen LogP contribution is -2.08. The number of rotatable bonds is 4. The molecule has 1 N–H and O–H groups in total. The lowest BCUT2D eigenvalue weighted by Gasteiger charge is -2.05. The molecule has 0 aromatic carbocycles. The van der Waals surface area contributed by atoms with Gasteiger partial charge in [-0.2, -0.15) is 0 Å². The van der Waals surface area contributed by atoms with Crippen LogP contribution in [0.4, 0.5) is 0 Å². The van der Waals surface area contributed by atoms with E-state index in [1.54, 1.807) is 42.6 Å². The van der Waals surface area contributed by atoms with Crippen molar-refractivity contribution >= 4 is 5.97 Å². The molecule has 0 amide bonds. The largest absolute Gasteiger partial charge is 0.476 e. The maximum Gasteiger partial charge on any atom is 0.358 e. The van der Waals surface area contributed by atoms with Crippen molar-refractivity contribution in [1.82, 2.24) is 24.5 Å². The molecule has 0 aliphatic rings. The monoisotopic (exact) mass is 273 g/mol. The first-order chi connectivity index (χ1) is 9.66. The summed E-state index contributed by atoms with van der Waals surface area (Å²) in [5.41, 5.74) is 1.11. The number of aryl methyl sites for hydroxylation is 1. The highest BCUT2D eigenvalue weighted by molar-refractivity contribution is 5.91. The van der Waals surface area contributed by atoms with Crippen LogP contribution in [0.15, 0.2) is 35.4 Å². The smallest absolute Gasteiger partial charge is 0.358 e. The van der Waals surface area contributed by atoms with Gasteiger partial charge < -0.3 is 14.1 Å². The van der Waals surface area contributed by atoms with E-state index in [0.29, 0.717) is 18.1 Å². The van der Waals surface area contributed by atoms with Gasteiger partial charge in [-0.15, -0.1) is 5.10 Å². The van der Waals surface area contributed by atoms with Gasteiger partial charge in [0.25, 0.3) is 0 Å². The van der Waals surface area contributed by atoms with E-state index in [9.17, 15) is 9.90 Å². The van der Waals surface area contributed by atoms with Gasteiger partial charge in [0.1, 0.15) is 5.69 Å². The molecule has 0 aliphatic heterocycles. The molecule has 3 aromatic heterocycles. The Bertz CT molecular complexity index is 741. The average Bonchev–Trinajstić information content (AvgIpc) is 3.10. The van der Waals surface area contributed by atoms with Crippen LogP contribution in [0.25, 0.3) is 11.5 Å². The molecule has 0 bridgehead atoms. The molecule has 0 atom stereocenters. The first kappa shape index (κ1) is 12.2. The average molecular weight is 273 g/mol. The zero-order valence-electron chi connectivity index (χ0n) is 10.6. The normalized spacial score (nSPS) is 10.8. The number of carboxylic acid groups (broad SMARTS) is 1. The van der Waals surface area contributed by atoms with E-state index < -0.39 is 5.97 Å². The molecule has 102 valence electrons. The molecular formula is C12H11N5O3. The number of hydrogen-bond acceptors (Lipinski definition) is 5. The molecular weight excluding hydrogens is 262 g/mol. The standard InChI is InChI=1S/C12H11N5O3/c1-16-4-3-13-11(16)10-9(12(18)19)14-15-17(10)6-8-2-5-20-7-8/h2-5,7H,6H2,1H3,(H,18,19). The van der Waals surface area contributed by atoms with E-state index in [0.717, 1.165) is 5.56 Å². The Labute approximate surface area is 113 Å². The number of furan rings is 1. The second-order valence-corrected chi connectivity index (χ2v) is 4.24. The number of nitrogens with zero attached hydrogens (tertiary/aromatic N) is 5. The van der Waals surface area contributed by atoms with Crippen molar-refractivity contribution in [2.45, 2.75) is 6.54 Å². The molecule has 0 fully saturated rings. The van der Waals surface area contributed by atoms with Crippen LogP contribution in [0.3, 0.4) is 0 Å². The van der Waals surface area contributed by atoms with Gasteiger partial charge in [-0.25, -0.2) is 14.5 Å². The Hall–Kier alpha value is -2.90. The summed E-state index contributed by atoms with van der Waals surface area (Å²) in [6, 6.07) is 1.78. The highest BCUT2D eigenvalue weighted by atomic mass is 16.4. The molecule has 0 saturated heterocycles. The zero-order valence-corrected chi connectivity index (χ0v) is 10.6. The minimum atomic E-state index is -1.14. The molecule has 8 heteroatoms. The minimum Gasteiger partial charge on any atom is -0.476 e. The summed E-state index contributed by atoms with van der Waals surface area (Å²) in [4.78, 5) is 15.4. The lowest BCUT2D eigenvalue weighted by molar-refractivity contribution is 0.0691. The molecule has 0 radical (unpaired) electrons. The van der Waals surface area contributed by atoms with E-state index in [1.165, 1.54) is 4.68 Å². The third kappa shape index (κ3) is 1.96. The second-order valence-electron chi connectivity index (χ2n) is 4.24. The van der Waals surface area contributed by atoms with Crippen LogP contribution in [-0.4, -0.2) is 35.6 Å². The van der Waals surface area contributed by atoms with Crippen molar-refractivity contribution in [2.75, 3.05) is 0 Å². The fraction of sp³-hybridized carbons (Fsp3) is 0.167. The minimum absolute atomic E-state index is 0.122. The first-order valence-electron chi connectivity index (χ1n) is 5.82. The van der Waals surface area contributed by atoms with E-state index in [2.05, 4.69) is 15.3 Å². The van der Waals surface area contributed by atoms with Crippen molar-refractivity contribution in [3.05, 3.63) is 42.2 Å². The quantitative estimate of drug-likeness (QED) is 0.761. The van der Waals surface area contributed by atoms with Gasteiger partial charge in [-0.1, -0.05) is 5.21 Å². The van der Waals surface area contributed by atoms with Gasteiger partial charge >= 0.3 is 5.97 Å². The molecule has 3 aromatic rings. The highest BCUT2D eigenvalue weighted by Crippen LogP contribution is 2.21. The van der Waals surface area contributed by atoms with Crippen molar-refractivity contribution in [3.8, 4) is 11.5 Å². The summed E-state index contributed by atoms with van der Waals surface area (Å²) in [5.74, 6) is -0.641. The summed E-state index contributed by atoms with van der Waals surface area (Å²) in [6.45, 7) is 0.360. The number of aromatic nitrogens is 5. The Kier molecular flexibility index (Phi) is 2.82. The zero-order chi connectivity index (χ0) is 14.1. The van der Waals surface area contributed by atoms with Crippen LogP contribution >= 0.6 is 0 Å². The van der Waals surface area contributed by atoms with Crippen LogP contribution in [0.5, 0.6) is 0 Å². The molecule has 0 spiro atoms. The third-order valence-corrected chi connectivity index (χ3v) is 2.88. The van der Waals surface area contributed by atoms with E-state index in [4.69, 9.17) is 4.42 Å². The summed E-state index contributed by atoms with van der Waals surface area (Å²) >= 11 is 0. The number of aromatic carboxylic acids is 1. The molecule has 8 nitrogen and oxygen atoms in total. The number of carboxylic acids is 1. The predicted molar refractivity (Wildman–Crippen MR) is 67.0 cm³/mol. The highest BCUT2D eigenvalue weighted by Gasteiger charge is 2.23. The van der Waals surface area contributed by atoms with Crippen LogP contribution in [0.2, 0.25) is 0 Å².